The van der Waals surface area contributed by atoms with Gasteiger partial charge in [0.2, 0.25) is 22.7 Å². The van der Waals surface area contributed by atoms with Crippen LogP contribution in [-0.4, -0.2) is 60.0 Å². The van der Waals surface area contributed by atoms with Crippen LogP contribution in [0.25, 0.3) is 21.9 Å². The Labute approximate surface area is 252 Å². The van der Waals surface area contributed by atoms with Crippen LogP contribution in [0, 0.1) is 0 Å². The zero-order chi connectivity index (χ0) is 31.7. The first-order valence-corrected chi connectivity index (χ1v) is 13.4. The van der Waals surface area contributed by atoms with Crippen LogP contribution in [-0.2, 0) is 0 Å². The van der Waals surface area contributed by atoms with Crippen LogP contribution in [0.4, 0.5) is 0 Å². The van der Waals surface area contributed by atoms with Crippen LogP contribution in [0.2, 0.25) is 0 Å². The van der Waals surface area contributed by atoms with Crippen molar-refractivity contribution in [1.29, 1.82) is 0 Å². The van der Waals surface area contributed by atoms with Gasteiger partial charge in [-0.15, -0.1) is 0 Å². The van der Waals surface area contributed by atoms with Crippen LogP contribution in [0.5, 0.6) is 51.7 Å². The molecule has 1 heterocycles. The zero-order valence-electron chi connectivity index (χ0n) is 25.3. The molecule has 44 heavy (non-hydrogen) atoms. The number of methoxy groups -OCH3 is 7. The molecule has 0 aliphatic rings. The van der Waals surface area contributed by atoms with Gasteiger partial charge >= 0.3 is 0 Å². The van der Waals surface area contributed by atoms with Crippen molar-refractivity contribution < 1.29 is 47.8 Å². The second-order valence-corrected chi connectivity index (χ2v) is 9.59. The van der Waals surface area contributed by atoms with E-state index in [1.165, 1.54) is 55.8 Å². The van der Waals surface area contributed by atoms with Crippen molar-refractivity contribution in [2.75, 3.05) is 49.8 Å². The molecule has 0 aliphatic carbocycles. The standard InChI is InChI=1S/C33H32O11/c1-37-19-15-21(39-3)20(38-2)13-17(19)23(16-11-9-8-10-12-16)24-27(35)25-26(34)18-14-22(40-4)30(41-5)33(43-7)29(18)44-31(25)32(42-6)28(24)36/h8-15,23,35-36H,1-7H3/t23-/m0/s1. The third-order valence-electron chi connectivity index (χ3n) is 7.53. The smallest absolute Gasteiger partial charge is 0.208 e. The number of rotatable bonds is 10. The molecule has 0 fully saturated rings. The summed E-state index contributed by atoms with van der Waals surface area (Å²) in [7, 11) is 10.0. The molecule has 11 nitrogen and oxygen atoms in total. The van der Waals surface area contributed by atoms with Crippen LogP contribution >= 0.6 is 0 Å². The number of benzene rings is 4. The number of ether oxygens (including phenoxy) is 7. The van der Waals surface area contributed by atoms with Crippen molar-refractivity contribution >= 4 is 21.9 Å². The largest absolute Gasteiger partial charge is 0.507 e. The first-order valence-electron chi connectivity index (χ1n) is 13.4. The molecular weight excluding hydrogens is 572 g/mol. The lowest BCUT2D eigenvalue weighted by Crippen LogP contribution is -2.11. The molecule has 0 amide bonds. The average Bonchev–Trinajstić information content (AvgIpc) is 3.05. The highest BCUT2D eigenvalue weighted by Gasteiger charge is 2.34. The molecule has 5 rings (SSSR count). The summed E-state index contributed by atoms with van der Waals surface area (Å²) in [6, 6.07) is 13.9. The lowest BCUT2D eigenvalue weighted by molar-refractivity contribution is 0.324. The molecule has 0 saturated heterocycles. The van der Waals surface area contributed by atoms with E-state index in [4.69, 9.17) is 37.6 Å². The molecule has 0 aliphatic heterocycles. The van der Waals surface area contributed by atoms with Crippen molar-refractivity contribution in [3.8, 4) is 51.7 Å². The van der Waals surface area contributed by atoms with Gasteiger partial charge in [-0.3, -0.25) is 4.79 Å². The predicted molar refractivity (Wildman–Crippen MR) is 163 cm³/mol. The SMILES string of the molecule is COc1cc(OC)c([C@H](c2ccccc2)c2c(O)c(OC)c3oc4c(OC)c(OC)c(OC)cc4c(=O)c3c2O)cc1OC. The zero-order valence-corrected chi connectivity index (χ0v) is 25.3. The first-order chi connectivity index (χ1) is 21.3. The van der Waals surface area contributed by atoms with Gasteiger partial charge in [-0.2, -0.15) is 0 Å². The minimum absolute atomic E-state index is 0.00803. The minimum atomic E-state index is -0.890. The topological polar surface area (TPSA) is 135 Å². The van der Waals surface area contributed by atoms with E-state index in [1.807, 2.05) is 30.3 Å². The summed E-state index contributed by atoms with van der Waals surface area (Å²) in [5.41, 5.74) is 0.327. The van der Waals surface area contributed by atoms with Crippen LogP contribution in [0.3, 0.4) is 0 Å². The van der Waals surface area contributed by atoms with E-state index in [2.05, 4.69) is 0 Å². The fraction of sp³-hybridized carbons (Fsp3) is 0.242. The van der Waals surface area contributed by atoms with Gasteiger partial charge in [0.1, 0.15) is 16.9 Å². The van der Waals surface area contributed by atoms with E-state index in [1.54, 1.807) is 12.1 Å². The molecule has 1 aromatic heterocycles. The Hall–Kier alpha value is -5.45. The quantitative estimate of drug-likeness (QED) is 0.152. The summed E-state index contributed by atoms with van der Waals surface area (Å²) in [5, 5.41) is 23.6. The fourth-order valence-corrected chi connectivity index (χ4v) is 5.53. The highest BCUT2D eigenvalue weighted by Crippen LogP contribution is 2.54. The number of phenols is 2. The second-order valence-electron chi connectivity index (χ2n) is 9.59. The first kappa shape index (κ1) is 30.0. The van der Waals surface area contributed by atoms with E-state index in [-0.39, 0.29) is 50.5 Å². The minimum Gasteiger partial charge on any atom is -0.507 e. The van der Waals surface area contributed by atoms with Gasteiger partial charge in [0, 0.05) is 17.5 Å². The summed E-state index contributed by atoms with van der Waals surface area (Å²) in [5.74, 6) is -0.374. The van der Waals surface area contributed by atoms with Crippen molar-refractivity contribution in [2.45, 2.75) is 5.92 Å². The Kier molecular flexibility index (Phi) is 8.21. The fourth-order valence-electron chi connectivity index (χ4n) is 5.53. The monoisotopic (exact) mass is 604 g/mol. The Morgan fingerprint density at radius 1 is 0.614 bits per heavy atom. The molecule has 0 spiro atoms. The third-order valence-corrected chi connectivity index (χ3v) is 7.53. The maximum absolute atomic E-state index is 14.2. The van der Waals surface area contributed by atoms with Gasteiger partial charge in [-0.1, -0.05) is 30.3 Å². The van der Waals surface area contributed by atoms with Crippen LogP contribution < -0.4 is 38.6 Å². The number of aromatic hydroxyl groups is 2. The third kappa shape index (κ3) is 4.57. The molecule has 11 heteroatoms. The maximum atomic E-state index is 14.2. The molecule has 2 N–H and O–H groups in total. The molecule has 1 atom stereocenters. The maximum Gasteiger partial charge on any atom is 0.208 e. The summed E-state index contributed by atoms with van der Waals surface area (Å²) < 4.78 is 45.0. The van der Waals surface area contributed by atoms with Crippen LogP contribution in [0.1, 0.15) is 22.6 Å². The van der Waals surface area contributed by atoms with Gasteiger partial charge in [-0.25, -0.2) is 0 Å². The molecule has 4 aromatic carbocycles. The molecule has 0 unspecified atom stereocenters. The summed E-state index contributed by atoms with van der Waals surface area (Å²) >= 11 is 0. The van der Waals surface area contributed by atoms with E-state index in [0.29, 0.717) is 28.4 Å². The molecule has 0 saturated carbocycles. The molecule has 0 bridgehead atoms. The van der Waals surface area contributed by atoms with E-state index >= 15 is 0 Å². The number of hydrogen-bond acceptors (Lipinski definition) is 11. The Bertz CT molecular complexity index is 1910. The Morgan fingerprint density at radius 3 is 1.77 bits per heavy atom. The molecule has 5 aromatic rings. The second kappa shape index (κ2) is 12.0. The highest BCUT2D eigenvalue weighted by atomic mass is 16.5. The predicted octanol–water partition coefficient (Wildman–Crippen LogP) is 5.60. The van der Waals surface area contributed by atoms with Gasteiger partial charge in [0.15, 0.2) is 34.2 Å². The Morgan fingerprint density at radius 2 is 1.20 bits per heavy atom. The normalized spacial score (nSPS) is 11.7. The van der Waals surface area contributed by atoms with Gasteiger partial charge in [-0.05, 0) is 17.7 Å². The molecule has 0 radical (unpaired) electrons. The molecular formula is C33H32O11. The number of phenolic OH excluding ortho intramolecular Hbond substituents is 2. The lowest BCUT2D eigenvalue weighted by Gasteiger charge is -2.25. The van der Waals surface area contributed by atoms with Crippen LogP contribution in [0.15, 0.2) is 57.7 Å². The van der Waals surface area contributed by atoms with Gasteiger partial charge in [0.25, 0.3) is 0 Å². The lowest BCUT2D eigenvalue weighted by atomic mass is 9.82. The van der Waals surface area contributed by atoms with E-state index < -0.39 is 22.8 Å². The van der Waals surface area contributed by atoms with Gasteiger partial charge < -0.3 is 47.8 Å². The summed E-state index contributed by atoms with van der Waals surface area (Å²) in [6.07, 6.45) is 0. The van der Waals surface area contributed by atoms with E-state index in [9.17, 15) is 15.0 Å². The highest BCUT2D eigenvalue weighted by molar-refractivity contribution is 6.01. The number of hydrogen-bond donors (Lipinski definition) is 2. The van der Waals surface area contributed by atoms with Crippen molar-refractivity contribution in [3.05, 3.63) is 75.4 Å². The van der Waals surface area contributed by atoms with E-state index in [0.717, 1.165) is 0 Å². The van der Waals surface area contributed by atoms with Crippen molar-refractivity contribution in [1.82, 2.24) is 0 Å². The van der Waals surface area contributed by atoms with Crippen molar-refractivity contribution in [2.24, 2.45) is 0 Å². The number of fused-ring (bicyclic) bond motifs is 2. The average molecular weight is 605 g/mol. The molecule has 230 valence electrons. The Balaban J connectivity index is 1.97. The summed E-state index contributed by atoms with van der Waals surface area (Å²) in [6.45, 7) is 0. The van der Waals surface area contributed by atoms with Crippen molar-refractivity contribution in [3.63, 3.8) is 0 Å². The summed E-state index contributed by atoms with van der Waals surface area (Å²) in [4.78, 5) is 14.2. The van der Waals surface area contributed by atoms with Gasteiger partial charge in [0.05, 0.1) is 60.7 Å².